The van der Waals surface area contributed by atoms with Crippen LogP contribution in [0, 0.1) is 0 Å². The third kappa shape index (κ3) is 3.52. The molecule has 0 amide bonds. The molecule has 1 N–H and O–H groups in total. The summed E-state index contributed by atoms with van der Waals surface area (Å²) in [7, 11) is 1.18. The number of hydrogen-bond donors (Lipinski definition) is 1. The van der Waals surface area contributed by atoms with Gasteiger partial charge in [0.15, 0.2) is 0 Å². The van der Waals surface area contributed by atoms with Crippen molar-refractivity contribution < 1.29 is 9.76 Å². The summed E-state index contributed by atoms with van der Waals surface area (Å²) in [6.45, 7) is 4.52. The molecule has 0 fully saturated rings. The molecule has 0 spiro atoms. The second-order valence-electron chi connectivity index (χ2n) is 5.68. The van der Waals surface area contributed by atoms with Crippen LogP contribution in [-0.2, 0) is 0 Å². The number of fused-ring (bicyclic) bond motifs is 1. The Morgan fingerprint density at radius 1 is 1.21 bits per heavy atom. The zero-order valence-corrected chi connectivity index (χ0v) is 14.9. The van der Waals surface area contributed by atoms with E-state index in [9.17, 15) is 5.02 Å². The van der Waals surface area contributed by atoms with Crippen LogP contribution in [0.4, 0.5) is 5.82 Å². The summed E-state index contributed by atoms with van der Waals surface area (Å²) in [5.41, 5.74) is 0.829. The Morgan fingerprint density at radius 3 is 2.71 bits per heavy atom. The summed E-state index contributed by atoms with van der Waals surface area (Å²) in [5, 5.41) is 19.3. The minimum absolute atomic E-state index is 0.601. The van der Waals surface area contributed by atoms with Gasteiger partial charge in [0.05, 0.1) is 11.5 Å². The standard InChI is InChI=1S/C17H20BN3O2S/c1-4-9-23-13-6-5-12-10-16(24-15(12)11-13)14-7-8-17(20-19-14)21(3)18(2)22/h5-8,10-11,22H,4,9H2,1-3H3. The Morgan fingerprint density at radius 2 is 2.04 bits per heavy atom. The molecular weight excluding hydrogens is 321 g/mol. The molecule has 0 saturated carbocycles. The first-order valence-corrected chi connectivity index (χ1v) is 8.81. The van der Waals surface area contributed by atoms with E-state index in [1.807, 2.05) is 18.2 Å². The highest BCUT2D eigenvalue weighted by Gasteiger charge is 2.14. The number of ether oxygens (including phenoxy) is 1. The maximum atomic E-state index is 9.59. The fraction of sp³-hybridized carbons (Fsp3) is 0.294. The van der Waals surface area contributed by atoms with E-state index in [-0.39, 0.29) is 0 Å². The molecule has 2 heterocycles. The van der Waals surface area contributed by atoms with Gasteiger partial charge in [-0.05, 0) is 62.1 Å². The lowest BCUT2D eigenvalue weighted by atomic mass is 9.86. The number of thiophene rings is 1. The number of anilines is 1. The quantitative estimate of drug-likeness (QED) is 0.693. The predicted octanol–water partition coefficient (Wildman–Crippen LogP) is 3.69. The third-order valence-corrected chi connectivity index (χ3v) is 4.91. The van der Waals surface area contributed by atoms with Crippen molar-refractivity contribution in [3.8, 4) is 16.3 Å². The SMILES string of the molecule is CCCOc1ccc2cc(-c3ccc(N(C)B(C)O)nn3)sc2c1. The van der Waals surface area contributed by atoms with Crippen LogP contribution in [0.15, 0.2) is 36.4 Å². The van der Waals surface area contributed by atoms with Gasteiger partial charge in [-0.1, -0.05) is 6.92 Å². The van der Waals surface area contributed by atoms with E-state index >= 15 is 0 Å². The van der Waals surface area contributed by atoms with Gasteiger partial charge in [-0.25, -0.2) is 0 Å². The van der Waals surface area contributed by atoms with Crippen molar-refractivity contribution in [1.82, 2.24) is 10.2 Å². The van der Waals surface area contributed by atoms with Gasteiger partial charge in [-0.2, -0.15) is 0 Å². The van der Waals surface area contributed by atoms with Crippen molar-refractivity contribution in [2.75, 3.05) is 18.5 Å². The molecule has 0 aliphatic rings. The average Bonchev–Trinajstić information content (AvgIpc) is 3.02. The van der Waals surface area contributed by atoms with Crippen LogP contribution in [0.25, 0.3) is 20.7 Å². The molecule has 0 aliphatic carbocycles. The zero-order chi connectivity index (χ0) is 17.1. The molecule has 0 atom stereocenters. The topological polar surface area (TPSA) is 58.5 Å². The molecule has 0 saturated heterocycles. The highest BCUT2D eigenvalue weighted by Crippen LogP contribution is 2.34. The smallest absolute Gasteiger partial charge is 0.410 e. The number of rotatable bonds is 6. The van der Waals surface area contributed by atoms with Crippen molar-refractivity contribution in [3.05, 3.63) is 36.4 Å². The van der Waals surface area contributed by atoms with Crippen molar-refractivity contribution >= 4 is 34.3 Å². The Labute approximate surface area is 146 Å². The second-order valence-corrected chi connectivity index (χ2v) is 6.76. The van der Waals surface area contributed by atoms with Gasteiger partial charge in [0, 0.05) is 4.70 Å². The lowest BCUT2D eigenvalue weighted by Gasteiger charge is -2.17. The van der Waals surface area contributed by atoms with E-state index in [0.717, 1.165) is 29.3 Å². The molecule has 24 heavy (non-hydrogen) atoms. The molecular formula is C17H20BN3O2S. The van der Waals surface area contributed by atoms with Crippen molar-refractivity contribution in [1.29, 1.82) is 0 Å². The van der Waals surface area contributed by atoms with Crippen LogP contribution in [-0.4, -0.2) is 35.9 Å². The Balaban J connectivity index is 1.86. The van der Waals surface area contributed by atoms with Crippen LogP contribution in [0.3, 0.4) is 0 Å². The summed E-state index contributed by atoms with van der Waals surface area (Å²) in [5.74, 6) is 1.54. The summed E-state index contributed by atoms with van der Waals surface area (Å²) in [6, 6.07) is 12.1. The van der Waals surface area contributed by atoms with Crippen molar-refractivity contribution in [2.24, 2.45) is 0 Å². The third-order valence-electron chi connectivity index (χ3n) is 3.79. The zero-order valence-electron chi connectivity index (χ0n) is 14.1. The largest absolute Gasteiger partial charge is 0.494 e. The Kier molecular flexibility index (Phi) is 5.01. The number of aromatic nitrogens is 2. The maximum Gasteiger partial charge on any atom is 0.410 e. The number of benzene rings is 1. The van der Waals surface area contributed by atoms with Crippen LogP contribution < -0.4 is 9.55 Å². The highest BCUT2D eigenvalue weighted by molar-refractivity contribution is 7.22. The van der Waals surface area contributed by atoms with E-state index in [0.29, 0.717) is 5.82 Å². The fourth-order valence-electron chi connectivity index (χ4n) is 2.28. The molecule has 0 radical (unpaired) electrons. The first kappa shape index (κ1) is 16.7. The maximum absolute atomic E-state index is 9.59. The monoisotopic (exact) mass is 341 g/mol. The molecule has 2 aromatic heterocycles. The molecule has 0 unspecified atom stereocenters. The molecule has 0 aliphatic heterocycles. The van der Waals surface area contributed by atoms with Gasteiger partial charge in [-0.15, -0.1) is 21.5 Å². The van der Waals surface area contributed by atoms with E-state index in [1.165, 1.54) is 10.1 Å². The fourth-order valence-corrected chi connectivity index (χ4v) is 3.34. The molecule has 0 bridgehead atoms. The lowest BCUT2D eigenvalue weighted by Crippen LogP contribution is -2.33. The first-order valence-electron chi connectivity index (χ1n) is 8.00. The van der Waals surface area contributed by atoms with Gasteiger partial charge in [0.25, 0.3) is 0 Å². The molecule has 5 nitrogen and oxygen atoms in total. The van der Waals surface area contributed by atoms with Gasteiger partial charge in [0.1, 0.15) is 17.3 Å². The number of hydrogen-bond acceptors (Lipinski definition) is 6. The molecule has 124 valence electrons. The summed E-state index contributed by atoms with van der Waals surface area (Å²) >= 11 is 1.67. The minimum atomic E-state index is -0.601. The highest BCUT2D eigenvalue weighted by atomic mass is 32.1. The molecule has 1 aromatic carbocycles. The average molecular weight is 341 g/mol. The second kappa shape index (κ2) is 7.19. The van der Waals surface area contributed by atoms with E-state index in [1.54, 1.807) is 30.0 Å². The van der Waals surface area contributed by atoms with Crippen LogP contribution in [0.1, 0.15) is 13.3 Å². The molecule has 3 rings (SSSR count). The van der Waals surface area contributed by atoms with Crippen LogP contribution >= 0.6 is 11.3 Å². The lowest BCUT2D eigenvalue weighted by molar-refractivity contribution is 0.318. The van der Waals surface area contributed by atoms with Gasteiger partial charge in [-0.3, -0.25) is 0 Å². The summed E-state index contributed by atoms with van der Waals surface area (Å²) < 4.78 is 6.86. The van der Waals surface area contributed by atoms with E-state index in [2.05, 4.69) is 35.3 Å². The Bertz CT molecular complexity index is 820. The van der Waals surface area contributed by atoms with Crippen LogP contribution in [0.5, 0.6) is 5.75 Å². The molecule has 3 aromatic rings. The first-order chi connectivity index (χ1) is 11.6. The summed E-state index contributed by atoms with van der Waals surface area (Å²) in [4.78, 5) is 2.73. The Hall–Kier alpha value is -2.12. The van der Waals surface area contributed by atoms with E-state index in [4.69, 9.17) is 4.74 Å². The number of nitrogens with zero attached hydrogens (tertiary/aromatic N) is 3. The van der Waals surface area contributed by atoms with Crippen LogP contribution in [0.2, 0.25) is 6.82 Å². The van der Waals surface area contributed by atoms with Crippen molar-refractivity contribution in [2.45, 2.75) is 20.2 Å². The van der Waals surface area contributed by atoms with Crippen molar-refractivity contribution in [3.63, 3.8) is 0 Å². The predicted molar refractivity (Wildman–Crippen MR) is 101 cm³/mol. The minimum Gasteiger partial charge on any atom is -0.494 e. The van der Waals surface area contributed by atoms with Gasteiger partial charge in [0.2, 0.25) is 0 Å². The normalized spacial score (nSPS) is 10.8. The van der Waals surface area contributed by atoms with Gasteiger partial charge < -0.3 is 14.6 Å². The molecule has 7 heteroatoms. The van der Waals surface area contributed by atoms with E-state index < -0.39 is 7.05 Å². The van der Waals surface area contributed by atoms with Gasteiger partial charge >= 0.3 is 7.05 Å². The summed E-state index contributed by atoms with van der Waals surface area (Å²) in [6.07, 6.45) is 0.997.